The molecule has 3 heterocycles. The first-order valence-electron chi connectivity index (χ1n) is 13.0. The van der Waals surface area contributed by atoms with Crippen molar-refractivity contribution >= 4 is 11.0 Å². The largest absolute Gasteiger partial charge is 0.341 e. The molecule has 0 spiro atoms. The van der Waals surface area contributed by atoms with E-state index in [0.29, 0.717) is 6.04 Å². The molecule has 6 nitrogen and oxygen atoms in total. The normalized spacial score (nSPS) is 15.6. The van der Waals surface area contributed by atoms with Gasteiger partial charge in [0.25, 0.3) is 0 Å². The average molecular weight is 477 g/mol. The van der Waals surface area contributed by atoms with Crippen LogP contribution in [0.15, 0.2) is 72.9 Å². The summed E-state index contributed by atoms with van der Waals surface area (Å²) >= 11 is 0. The molecule has 1 aliphatic rings. The van der Waals surface area contributed by atoms with Crippen molar-refractivity contribution in [1.29, 1.82) is 0 Å². The summed E-state index contributed by atoms with van der Waals surface area (Å²) in [5.74, 6) is 2.02. The summed E-state index contributed by atoms with van der Waals surface area (Å²) in [4.78, 5) is 16.3. The molecule has 5 aromatic rings. The van der Waals surface area contributed by atoms with Gasteiger partial charge in [-0.15, -0.1) is 0 Å². The van der Waals surface area contributed by atoms with Crippen LogP contribution in [-0.2, 0) is 6.54 Å². The second-order valence-electron chi connectivity index (χ2n) is 9.58. The molecule has 0 amide bonds. The highest BCUT2D eigenvalue weighted by molar-refractivity contribution is 5.82. The van der Waals surface area contributed by atoms with Crippen LogP contribution in [-0.4, -0.2) is 33.0 Å². The number of fused-ring (bicyclic) bond motifs is 1. The minimum Gasteiger partial charge on any atom is -0.341 e. The van der Waals surface area contributed by atoms with Gasteiger partial charge in [-0.1, -0.05) is 61.5 Å². The van der Waals surface area contributed by atoms with Crippen LogP contribution in [0, 0.1) is 0 Å². The van der Waals surface area contributed by atoms with Crippen LogP contribution in [0.3, 0.4) is 0 Å². The maximum Gasteiger partial charge on any atom is 0.123 e. The Morgan fingerprint density at radius 2 is 1.56 bits per heavy atom. The molecule has 0 saturated carbocycles. The van der Waals surface area contributed by atoms with Crippen LogP contribution in [0.25, 0.3) is 44.5 Å². The van der Waals surface area contributed by atoms with E-state index in [1.807, 2.05) is 6.20 Å². The number of imidazole rings is 2. The van der Waals surface area contributed by atoms with E-state index in [4.69, 9.17) is 4.98 Å². The van der Waals surface area contributed by atoms with Gasteiger partial charge in [-0.2, -0.15) is 0 Å². The number of hydrogen-bond donors (Lipinski definition) is 4. The molecule has 6 rings (SSSR count). The lowest BCUT2D eigenvalue weighted by atomic mass is 9.99. The lowest BCUT2D eigenvalue weighted by Gasteiger charge is -2.07. The van der Waals surface area contributed by atoms with Gasteiger partial charge < -0.3 is 20.6 Å². The second-order valence-corrected chi connectivity index (χ2v) is 9.58. The van der Waals surface area contributed by atoms with E-state index in [1.165, 1.54) is 28.7 Å². The van der Waals surface area contributed by atoms with Crippen LogP contribution in [0.2, 0.25) is 0 Å². The third-order valence-corrected chi connectivity index (χ3v) is 6.98. The second kappa shape index (κ2) is 10.1. The topological polar surface area (TPSA) is 81.4 Å². The lowest BCUT2D eigenvalue weighted by molar-refractivity contribution is 0.613. The van der Waals surface area contributed by atoms with Crippen molar-refractivity contribution in [2.24, 2.45) is 0 Å². The molecule has 3 aromatic carbocycles. The molecular weight excluding hydrogens is 444 g/mol. The Labute approximate surface area is 211 Å². The van der Waals surface area contributed by atoms with Gasteiger partial charge in [-0.3, -0.25) is 0 Å². The lowest BCUT2D eigenvalue weighted by Crippen LogP contribution is -2.14. The van der Waals surface area contributed by atoms with Gasteiger partial charge in [0.2, 0.25) is 0 Å². The molecule has 2 aromatic heterocycles. The third kappa shape index (κ3) is 4.70. The van der Waals surface area contributed by atoms with Crippen molar-refractivity contribution in [3.05, 3.63) is 84.6 Å². The fourth-order valence-electron chi connectivity index (χ4n) is 4.99. The van der Waals surface area contributed by atoms with E-state index in [1.54, 1.807) is 0 Å². The summed E-state index contributed by atoms with van der Waals surface area (Å²) < 4.78 is 0. The zero-order valence-electron chi connectivity index (χ0n) is 20.6. The molecule has 6 heteroatoms. The number of aromatic amines is 2. The number of aromatic nitrogens is 4. The zero-order chi connectivity index (χ0) is 24.3. The fourth-order valence-corrected chi connectivity index (χ4v) is 4.99. The maximum absolute atomic E-state index is 4.70. The van der Waals surface area contributed by atoms with Gasteiger partial charge in [0.05, 0.1) is 35.5 Å². The van der Waals surface area contributed by atoms with Crippen LogP contribution in [0.5, 0.6) is 0 Å². The molecular formula is C30H32N6. The Hall–Kier alpha value is -3.74. The Kier molecular flexibility index (Phi) is 6.36. The van der Waals surface area contributed by atoms with E-state index in [2.05, 4.69) is 99.2 Å². The van der Waals surface area contributed by atoms with Gasteiger partial charge in [0, 0.05) is 0 Å². The van der Waals surface area contributed by atoms with Gasteiger partial charge in [0.15, 0.2) is 0 Å². The highest BCUT2D eigenvalue weighted by atomic mass is 15.0. The number of benzene rings is 3. The van der Waals surface area contributed by atoms with Crippen molar-refractivity contribution < 1.29 is 0 Å². The summed E-state index contributed by atoms with van der Waals surface area (Å²) in [6.07, 6.45) is 5.42. The highest BCUT2D eigenvalue weighted by Crippen LogP contribution is 2.29. The number of H-pyrrole nitrogens is 2. The molecule has 0 bridgehead atoms. The van der Waals surface area contributed by atoms with Crippen molar-refractivity contribution in [1.82, 2.24) is 30.6 Å². The molecule has 0 unspecified atom stereocenters. The van der Waals surface area contributed by atoms with Gasteiger partial charge in [-0.05, 0) is 72.3 Å². The van der Waals surface area contributed by atoms with Crippen LogP contribution in [0.4, 0.5) is 0 Å². The summed E-state index contributed by atoms with van der Waals surface area (Å²) in [6, 6.07) is 24.3. The standard InChI is InChI=1S/C30H32N6/c1-2-15-31-19-29-34-25-14-13-24(17-27(25)35-29)22-7-5-20(6-8-22)21-9-11-23(12-10-21)28-18-33-30(36-28)26-4-3-16-32-26/h5-14,17-18,26,31-32H,2-4,15-16,19H2,1H3,(H,33,36)(H,34,35)/t26-/m0/s1. The maximum atomic E-state index is 4.70. The van der Waals surface area contributed by atoms with Crippen LogP contribution >= 0.6 is 0 Å². The van der Waals surface area contributed by atoms with Crippen molar-refractivity contribution in [2.75, 3.05) is 13.1 Å². The Morgan fingerprint density at radius 1 is 0.861 bits per heavy atom. The molecule has 1 atom stereocenters. The van der Waals surface area contributed by atoms with E-state index < -0.39 is 0 Å². The van der Waals surface area contributed by atoms with E-state index in [0.717, 1.165) is 66.4 Å². The van der Waals surface area contributed by atoms with E-state index in [-0.39, 0.29) is 0 Å². The van der Waals surface area contributed by atoms with Crippen molar-refractivity contribution in [3.8, 4) is 33.5 Å². The number of rotatable bonds is 8. The molecule has 0 aliphatic carbocycles. The minimum atomic E-state index is 0.357. The summed E-state index contributed by atoms with van der Waals surface area (Å²) in [5.41, 5.74) is 9.10. The Bertz CT molecular complexity index is 1440. The predicted octanol–water partition coefficient (Wildman–Crippen LogP) is 6.21. The van der Waals surface area contributed by atoms with Gasteiger partial charge in [0.1, 0.15) is 11.6 Å². The molecule has 4 N–H and O–H groups in total. The van der Waals surface area contributed by atoms with Gasteiger partial charge >= 0.3 is 0 Å². The molecule has 182 valence electrons. The Balaban J connectivity index is 1.16. The first-order valence-corrected chi connectivity index (χ1v) is 13.0. The molecule has 1 aliphatic heterocycles. The number of hydrogen-bond acceptors (Lipinski definition) is 4. The van der Waals surface area contributed by atoms with Crippen LogP contribution in [0.1, 0.15) is 43.9 Å². The first kappa shape index (κ1) is 22.7. The van der Waals surface area contributed by atoms with E-state index in [9.17, 15) is 0 Å². The fraction of sp³-hybridized carbons (Fsp3) is 0.267. The Morgan fingerprint density at radius 3 is 2.25 bits per heavy atom. The van der Waals surface area contributed by atoms with Crippen molar-refractivity contribution in [3.63, 3.8) is 0 Å². The minimum absolute atomic E-state index is 0.357. The smallest absolute Gasteiger partial charge is 0.123 e. The van der Waals surface area contributed by atoms with Gasteiger partial charge in [-0.25, -0.2) is 9.97 Å². The molecule has 0 radical (unpaired) electrons. The molecule has 1 saturated heterocycles. The van der Waals surface area contributed by atoms with E-state index >= 15 is 0 Å². The summed E-state index contributed by atoms with van der Waals surface area (Å²) in [6.45, 7) is 5.01. The summed E-state index contributed by atoms with van der Waals surface area (Å²) in [7, 11) is 0. The average Bonchev–Trinajstić information content (AvgIpc) is 3.69. The molecule has 1 fully saturated rings. The quantitative estimate of drug-likeness (QED) is 0.201. The highest BCUT2D eigenvalue weighted by Gasteiger charge is 2.19. The third-order valence-electron chi connectivity index (χ3n) is 6.98. The number of nitrogens with zero attached hydrogens (tertiary/aromatic N) is 2. The van der Waals surface area contributed by atoms with Crippen molar-refractivity contribution in [2.45, 2.75) is 38.8 Å². The SMILES string of the molecule is CCCNCc1nc2ccc(-c3ccc(-c4ccc(-c5cnc([C@@H]6CCCN6)[nH]5)cc4)cc3)cc2[nH]1. The number of nitrogens with one attached hydrogen (secondary N) is 4. The molecule has 36 heavy (non-hydrogen) atoms. The zero-order valence-corrected chi connectivity index (χ0v) is 20.6. The first-order chi connectivity index (χ1) is 17.8. The van der Waals surface area contributed by atoms with Crippen LogP contribution < -0.4 is 10.6 Å². The summed E-state index contributed by atoms with van der Waals surface area (Å²) in [5, 5.41) is 6.91. The monoisotopic (exact) mass is 476 g/mol. The predicted molar refractivity (Wildman–Crippen MR) is 147 cm³/mol.